The molecule has 0 radical (unpaired) electrons. The minimum atomic E-state index is -0.617. The molecule has 1 aliphatic rings. The number of carbonyl (C=O) groups is 1. The second-order valence-corrected chi connectivity index (χ2v) is 7.59. The zero-order chi connectivity index (χ0) is 19.0. The highest BCUT2D eigenvalue weighted by molar-refractivity contribution is 6.31. The van der Waals surface area contributed by atoms with Crippen molar-refractivity contribution in [2.45, 2.75) is 31.7 Å². The summed E-state index contributed by atoms with van der Waals surface area (Å²) < 4.78 is 5.89. The Labute approximate surface area is 187 Å². The molecule has 1 aromatic heterocycles. The molecule has 1 amide bonds. The summed E-state index contributed by atoms with van der Waals surface area (Å²) in [4.78, 5) is 19.2. The molecule has 29 heavy (non-hydrogen) atoms. The van der Waals surface area contributed by atoms with Crippen molar-refractivity contribution in [2.75, 3.05) is 13.1 Å². The second kappa shape index (κ2) is 9.81. The number of oxazole rings is 1. The van der Waals surface area contributed by atoms with Crippen LogP contribution in [0.1, 0.15) is 41.8 Å². The molecular weight excluding hydrogens is 433 g/mol. The van der Waals surface area contributed by atoms with Crippen molar-refractivity contribution in [3.8, 4) is 0 Å². The van der Waals surface area contributed by atoms with Crippen LogP contribution in [0.15, 0.2) is 46.9 Å². The Bertz CT molecular complexity index is 967. The molecule has 3 aromatic rings. The summed E-state index contributed by atoms with van der Waals surface area (Å²) >= 11 is 6.02. The summed E-state index contributed by atoms with van der Waals surface area (Å²) in [6, 6.07) is 12.6. The Morgan fingerprint density at radius 1 is 1.17 bits per heavy atom. The van der Waals surface area contributed by atoms with Gasteiger partial charge in [-0.3, -0.25) is 4.79 Å². The number of nitrogens with two attached hydrogens (primary N) is 1. The number of carbonyl (C=O) groups excluding carboxylic acids is 1. The van der Waals surface area contributed by atoms with Gasteiger partial charge in [-0.2, -0.15) is 0 Å². The number of benzene rings is 2. The van der Waals surface area contributed by atoms with Crippen molar-refractivity contribution in [3.63, 3.8) is 0 Å². The summed E-state index contributed by atoms with van der Waals surface area (Å²) in [5, 5.41) is 0.646. The van der Waals surface area contributed by atoms with Gasteiger partial charge in [-0.15, -0.1) is 24.8 Å². The zero-order valence-electron chi connectivity index (χ0n) is 16.0. The van der Waals surface area contributed by atoms with E-state index in [1.165, 1.54) is 0 Å². The van der Waals surface area contributed by atoms with Gasteiger partial charge in [0.05, 0.1) is 0 Å². The summed E-state index contributed by atoms with van der Waals surface area (Å²) in [5.74, 6) is 0.902. The van der Waals surface area contributed by atoms with Crippen LogP contribution in [0.4, 0.5) is 0 Å². The fraction of sp³-hybridized carbons (Fsp3) is 0.333. The third kappa shape index (κ3) is 5.04. The fourth-order valence-electron chi connectivity index (χ4n) is 3.55. The lowest BCUT2D eigenvalue weighted by atomic mass is 9.95. The van der Waals surface area contributed by atoms with E-state index in [0.29, 0.717) is 18.1 Å². The molecule has 1 saturated heterocycles. The number of hydrogen-bond acceptors (Lipinski definition) is 4. The molecule has 156 valence electrons. The zero-order valence-corrected chi connectivity index (χ0v) is 18.4. The highest BCUT2D eigenvalue weighted by atomic mass is 35.5. The molecule has 2 heterocycles. The van der Waals surface area contributed by atoms with Gasteiger partial charge in [0, 0.05) is 24.0 Å². The quantitative estimate of drug-likeness (QED) is 0.599. The van der Waals surface area contributed by atoms with Crippen molar-refractivity contribution in [1.82, 2.24) is 9.88 Å². The topological polar surface area (TPSA) is 72.4 Å². The van der Waals surface area contributed by atoms with E-state index in [0.717, 1.165) is 41.0 Å². The Morgan fingerprint density at radius 3 is 2.48 bits per heavy atom. The first-order valence-electron chi connectivity index (χ1n) is 9.18. The standard InChI is InChI=1S/C21H22ClN3O2.2ClH/c1-13-2-4-14(5-3-13)19(23)21(26)25-10-8-15(9-11-25)20-24-17-12-16(22)6-7-18(17)27-20;;/h2-7,12,15,19H,8-11,23H2,1H3;2*1H. The number of nitrogens with zero attached hydrogens (tertiary/aromatic N) is 2. The fourth-order valence-corrected chi connectivity index (χ4v) is 3.72. The van der Waals surface area contributed by atoms with Crippen molar-refractivity contribution in [2.24, 2.45) is 5.73 Å². The second-order valence-electron chi connectivity index (χ2n) is 7.15. The molecule has 5 nitrogen and oxygen atoms in total. The number of hydrogen-bond donors (Lipinski definition) is 1. The Balaban J connectivity index is 0.00000150. The van der Waals surface area contributed by atoms with E-state index >= 15 is 0 Å². The maximum absolute atomic E-state index is 12.8. The minimum Gasteiger partial charge on any atom is -0.440 e. The van der Waals surface area contributed by atoms with Gasteiger partial charge in [0.1, 0.15) is 11.6 Å². The molecule has 2 aromatic carbocycles. The smallest absolute Gasteiger partial charge is 0.244 e. The number of rotatable bonds is 3. The lowest BCUT2D eigenvalue weighted by molar-refractivity contribution is -0.133. The van der Waals surface area contributed by atoms with Crippen molar-refractivity contribution < 1.29 is 9.21 Å². The van der Waals surface area contributed by atoms with E-state index in [9.17, 15) is 4.79 Å². The van der Waals surface area contributed by atoms with Crippen LogP contribution in [0.25, 0.3) is 11.1 Å². The summed E-state index contributed by atoms with van der Waals surface area (Å²) in [6.07, 6.45) is 1.62. The van der Waals surface area contributed by atoms with E-state index in [1.807, 2.05) is 48.2 Å². The van der Waals surface area contributed by atoms with Crippen molar-refractivity contribution in [3.05, 3.63) is 64.5 Å². The van der Waals surface area contributed by atoms with Crippen LogP contribution in [0.3, 0.4) is 0 Å². The Kier molecular flexibility index (Phi) is 7.94. The molecule has 0 aliphatic carbocycles. The SMILES string of the molecule is Cc1ccc(C(N)C(=O)N2CCC(c3nc4cc(Cl)ccc4o3)CC2)cc1.Cl.Cl. The molecule has 8 heteroatoms. The van der Waals surface area contributed by atoms with Crippen molar-refractivity contribution >= 4 is 53.4 Å². The van der Waals surface area contributed by atoms with Gasteiger partial charge < -0.3 is 15.1 Å². The van der Waals surface area contributed by atoms with E-state index in [1.54, 1.807) is 6.07 Å². The summed E-state index contributed by atoms with van der Waals surface area (Å²) in [6.45, 7) is 3.33. The van der Waals surface area contributed by atoms with Gasteiger partial charge in [-0.25, -0.2) is 4.98 Å². The molecule has 4 rings (SSSR count). The molecule has 2 N–H and O–H groups in total. The first-order valence-corrected chi connectivity index (χ1v) is 9.56. The first kappa shape index (κ1) is 23.5. The third-order valence-corrected chi connectivity index (χ3v) is 5.46. The molecule has 1 aliphatic heterocycles. The average Bonchev–Trinajstić information content (AvgIpc) is 3.11. The van der Waals surface area contributed by atoms with E-state index < -0.39 is 6.04 Å². The number of piperidine rings is 1. The summed E-state index contributed by atoms with van der Waals surface area (Å²) in [5.41, 5.74) is 9.72. The summed E-state index contributed by atoms with van der Waals surface area (Å²) in [7, 11) is 0. The molecule has 0 bridgehead atoms. The molecule has 1 unspecified atom stereocenters. The maximum atomic E-state index is 12.8. The Hall–Kier alpha value is -1.79. The van der Waals surface area contributed by atoms with Gasteiger partial charge in [0.25, 0.3) is 0 Å². The van der Waals surface area contributed by atoms with Gasteiger partial charge in [-0.05, 0) is 43.5 Å². The largest absolute Gasteiger partial charge is 0.440 e. The first-order chi connectivity index (χ1) is 13.0. The van der Waals surface area contributed by atoms with Crippen LogP contribution in [0.2, 0.25) is 5.02 Å². The van der Waals surface area contributed by atoms with Gasteiger partial charge in [0.15, 0.2) is 11.5 Å². The third-order valence-electron chi connectivity index (χ3n) is 5.22. The minimum absolute atomic E-state index is 0. The van der Waals surface area contributed by atoms with Gasteiger partial charge in [0.2, 0.25) is 5.91 Å². The highest BCUT2D eigenvalue weighted by Crippen LogP contribution is 2.31. The Morgan fingerprint density at radius 2 is 1.83 bits per heavy atom. The van der Waals surface area contributed by atoms with E-state index in [4.69, 9.17) is 21.8 Å². The number of aromatic nitrogens is 1. The average molecular weight is 457 g/mol. The number of halogens is 3. The number of aryl methyl sites for hydroxylation is 1. The predicted octanol–water partition coefficient (Wildman–Crippen LogP) is 5.04. The van der Waals surface area contributed by atoms with Crippen LogP contribution >= 0.6 is 36.4 Å². The molecule has 0 saturated carbocycles. The highest BCUT2D eigenvalue weighted by Gasteiger charge is 2.29. The van der Waals surface area contributed by atoms with Crippen LogP contribution in [0.5, 0.6) is 0 Å². The molecule has 1 atom stereocenters. The number of amides is 1. The van der Waals surface area contributed by atoms with Crippen molar-refractivity contribution in [1.29, 1.82) is 0 Å². The van der Waals surface area contributed by atoms with E-state index in [2.05, 4.69) is 4.98 Å². The van der Waals surface area contributed by atoms with Crippen LogP contribution < -0.4 is 5.73 Å². The van der Waals surface area contributed by atoms with Gasteiger partial charge >= 0.3 is 0 Å². The van der Waals surface area contributed by atoms with Crippen LogP contribution in [0, 0.1) is 6.92 Å². The number of likely N-dealkylation sites (tertiary alicyclic amines) is 1. The monoisotopic (exact) mass is 455 g/mol. The lowest BCUT2D eigenvalue weighted by Crippen LogP contribution is -2.43. The van der Waals surface area contributed by atoms with Crippen LogP contribution in [-0.4, -0.2) is 28.9 Å². The normalized spacial score (nSPS) is 15.5. The molecule has 0 spiro atoms. The predicted molar refractivity (Wildman–Crippen MR) is 120 cm³/mol. The van der Waals surface area contributed by atoms with Crippen LogP contribution in [-0.2, 0) is 4.79 Å². The van der Waals surface area contributed by atoms with Gasteiger partial charge in [-0.1, -0.05) is 41.4 Å². The number of fused-ring (bicyclic) bond motifs is 1. The molecular formula is C21H24Cl3N3O2. The molecule has 1 fully saturated rings. The maximum Gasteiger partial charge on any atom is 0.244 e. The lowest BCUT2D eigenvalue weighted by Gasteiger charge is -2.32. The van der Waals surface area contributed by atoms with E-state index in [-0.39, 0.29) is 36.6 Å².